The fourth-order valence-electron chi connectivity index (χ4n) is 2.50. The van der Waals surface area contributed by atoms with Gasteiger partial charge in [-0.25, -0.2) is 13.6 Å². The van der Waals surface area contributed by atoms with Gasteiger partial charge in [0.1, 0.15) is 0 Å². The third kappa shape index (κ3) is 7.12. The van der Waals surface area contributed by atoms with Crippen LogP contribution in [0, 0.1) is 0 Å². The van der Waals surface area contributed by atoms with Crippen molar-refractivity contribution in [2.45, 2.75) is 17.9 Å². The summed E-state index contributed by atoms with van der Waals surface area (Å²) in [6.07, 6.45) is 0.590. The first-order valence-corrected chi connectivity index (χ1v) is 10.5. The lowest BCUT2D eigenvalue weighted by atomic mass is 10.1. The third-order valence-electron chi connectivity index (χ3n) is 3.84. The highest BCUT2D eigenvalue weighted by atomic mass is 35.5. The highest BCUT2D eigenvalue weighted by Gasteiger charge is 2.09. The van der Waals surface area contributed by atoms with Crippen LogP contribution in [0.4, 0.5) is 0 Å². The molecule has 0 aliphatic heterocycles. The largest absolute Gasteiger partial charge is 0.355 e. The maximum atomic E-state index is 12.0. The summed E-state index contributed by atoms with van der Waals surface area (Å²) >= 11 is 11.9. The second-order valence-corrected chi connectivity index (χ2v) is 8.59. The van der Waals surface area contributed by atoms with E-state index < -0.39 is 10.0 Å². The van der Waals surface area contributed by atoms with Crippen molar-refractivity contribution in [3.05, 3.63) is 63.6 Å². The Morgan fingerprint density at radius 2 is 1.70 bits per heavy atom. The van der Waals surface area contributed by atoms with Gasteiger partial charge < -0.3 is 5.32 Å². The van der Waals surface area contributed by atoms with E-state index in [0.717, 1.165) is 11.1 Å². The summed E-state index contributed by atoms with van der Waals surface area (Å²) in [6.45, 7) is 1.26. The molecule has 2 rings (SSSR count). The molecule has 6 nitrogen and oxygen atoms in total. The number of benzene rings is 2. The molecule has 2 aromatic rings. The van der Waals surface area contributed by atoms with Crippen LogP contribution >= 0.6 is 23.2 Å². The number of primary sulfonamides is 1. The second kappa shape index (κ2) is 9.52. The van der Waals surface area contributed by atoms with Gasteiger partial charge in [-0.1, -0.05) is 41.4 Å². The van der Waals surface area contributed by atoms with Crippen LogP contribution in [0.15, 0.2) is 47.4 Å². The van der Waals surface area contributed by atoms with Gasteiger partial charge in [0.2, 0.25) is 15.9 Å². The molecule has 0 saturated heterocycles. The number of carbonyl (C=O) groups excluding carboxylic acids is 1. The molecule has 0 aromatic heterocycles. The highest BCUT2D eigenvalue weighted by Crippen LogP contribution is 2.23. The predicted molar refractivity (Wildman–Crippen MR) is 107 cm³/mol. The minimum atomic E-state index is -3.69. The number of nitrogens with one attached hydrogen (secondary N) is 1. The number of sulfonamides is 1. The molecule has 3 N–H and O–H groups in total. The van der Waals surface area contributed by atoms with E-state index in [1.807, 2.05) is 18.0 Å². The summed E-state index contributed by atoms with van der Waals surface area (Å²) in [5.41, 5.74) is 1.88. The van der Waals surface area contributed by atoms with E-state index in [1.54, 1.807) is 24.3 Å². The maximum absolute atomic E-state index is 12.0. The summed E-state index contributed by atoms with van der Waals surface area (Å²) in [4.78, 5) is 14.0. The molecule has 1 amide bonds. The van der Waals surface area contributed by atoms with Crippen LogP contribution in [0.3, 0.4) is 0 Å². The molecule has 2 aromatic carbocycles. The molecule has 0 bridgehead atoms. The Bertz CT molecular complexity index is 903. The second-order valence-electron chi connectivity index (χ2n) is 6.21. The van der Waals surface area contributed by atoms with Crippen molar-refractivity contribution < 1.29 is 13.2 Å². The molecular weight excluding hydrogens is 409 g/mol. The van der Waals surface area contributed by atoms with Gasteiger partial charge in [0, 0.05) is 13.1 Å². The van der Waals surface area contributed by atoms with Gasteiger partial charge in [0.25, 0.3) is 0 Å². The molecule has 0 radical (unpaired) electrons. The molecule has 0 spiro atoms. The molecular formula is C18H21Cl2N3O3S. The van der Waals surface area contributed by atoms with E-state index in [9.17, 15) is 13.2 Å². The van der Waals surface area contributed by atoms with Crippen LogP contribution in [0.5, 0.6) is 0 Å². The van der Waals surface area contributed by atoms with Crippen molar-refractivity contribution in [3.8, 4) is 0 Å². The average molecular weight is 430 g/mol. The van der Waals surface area contributed by atoms with Gasteiger partial charge >= 0.3 is 0 Å². The lowest BCUT2D eigenvalue weighted by Gasteiger charge is -2.16. The maximum Gasteiger partial charge on any atom is 0.238 e. The number of hydrogen-bond donors (Lipinski definition) is 2. The molecule has 0 unspecified atom stereocenters. The quantitative estimate of drug-likeness (QED) is 0.673. The minimum Gasteiger partial charge on any atom is -0.355 e. The van der Waals surface area contributed by atoms with E-state index in [2.05, 4.69) is 5.32 Å². The van der Waals surface area contributed by atoms with E-state index in [-0.39, 0.29) is 17.3 Å². The number of likely N-dealkylation sites (N-methyl/N-ethyl adjacent to an activating group) is 1. The molecule has 27 heavy (non-hydrogen) atoms. The molecule has 0 aliphatic rings. The van der Waals surface area contributed by atoms with Crippen LogP contribution in [-0.2, 0) is 27.8 Å². The van der Waals surface area contributed by atoms with Crippen LogP contribution in [0.25, 0.3) is 0 Å². The molecule has 0 heterocycles. The Morgan fingerprint density at radius 1 is 1.07 bits per heavy atom. The summed E-state index contributed by atoms with van der Waals surface area (Å²) < 4.78 is 22.4. The van der Waals surface area contributed by atoms with Gasteiger partial charge in [-0.3, -0.25) is 9.69 Å². The zero-order valence-corrected chi connectivity index (χ0v) is 17.1. The number of carbonyl (C=O) groups is 1. The molecule has 9 heteroatoms. The Hall–Kier alpha value is -1.64. The number of nitrogens with zero attached hydrogens (tertiary/aromatic N) is 1. The van der Waals surface area contributed by atoms with Crippen LogP contribution < -0.4 is 10.5 Å². The molecule has 0 saturated carbocycles. The SMILES string of the molecule is CN(CC(=O)NCCc1ccc(S(N)(=O)=O)cc1)Cc1ccc(Cl)c(Cl)c1. The van der Waals surface area contributed by atoms with Crippen molar-refractivity contribution in [1.82, 2.24) is 10.2 Å². The molecule has 0 fully saturated rings. The van der Waals surface area contributed by atoms with E-state index in [1.165, 1.54) is 12.1 Å². The number of hydrogen-bond acceptors (Lipinski definition) is 4. The Morgan fingerprint density at radius 3 is 2.30 bits per heavy atom. The highest BCUT2D eigenvalue weighted by molar-refractivity contribution is 7.89. The van der Waals surface area contributed by atoms with E-state index in [0.29, 0.717) is 29.6 Å². The Balaban J connectivity index is 1.76. The van der Waals surface area contributed by atoms with Crippen molar-refractivity contribution in [3.63, 3.8) is 0 Å². The van der Waals surface area contributed by atoms with Gasteiger partial charge in [-0.2, -0.15) is 0 Å². The topological polar surface area (TPSA) is 92.5 Å². The van der Waals surface area contributed by atoms with Crippen LogP contribution in [0.1, 0.15) is 11.1 Å². The zero-order chi connectivity index (χ0) is 20.0. The Kier molecular flexibility index (Phi) is 7.64. The van der Waals surface area contributed by atoms with Gasteiger partial charge in [0.05, 0.1) is 21.5 Å². The third-order valence-corrected chi connectivity index (χ3v) is 5.51. The van der Waals surface area contributed by atoms with Crippen molar-refractivity contribution >= 4 is 39.1 Å². The first-order chi connectivity index (χ1) is 12.6. The average Bonchev–Trinajstić information content (AvgIpc) is 2.57. The fraction of sp³-hybridized carbons (Fsp3) is 0.278. The molecule has 0 aliphatic carbocycles. The molecule has 146 valence electrons. The first-order valence-electron chi connectivity index (χ1n) is 8.16. The van der Waals surface area contributed by atoms with Crippen molar-refractivity contribution in [2.24, 2.45) is 5.14 Å². The van der Waals surface area contributed by atoms with Gasteiger partial charge in [-0.05, 0) is 48.9 Å². The summed E-state index contributed by atoms with van der Waals surface area (Å²) in [6, 6.07) is 11.7. The lowest BCUT2D eigenvalue weighted by molar-refractivity contribution is -0.122. The zero-order valence-electron chi connectivity index (χ0n) is 14.8. The van der Waals surface area contributed by atoms with Crippen LogP contribution in [0.2, 0.25) is 10.0 Å². The summed E-state index contributed by atoms with van der Waals surface area (Å²) in [7, 11) is -1.85. The number of amides is 1. The summed E-state index contributed by atoms with van der Waals surface area (Å²) in [5, 5.41) is 8.89. The van der Waals surface area contributed by atoms with Crippen molar-refractivity contribution in [1.29, 1.82) is 0 Å². The normalized spacial score (nSPS) is 11.6. The number of rotatable bonds is 8. The standard InChI is InChI=1S/C18H21Cl2N3O3S/c1-23(11-14-4-7-16(19)17(20)10-14)12-18(24)22-9-8-13-2-5-15(6-3-13)27(21,25)26/h2-7,10H,8-9,11-12H2,1H3,(H,22,24)(H2,21,25,26). The number of halogens is 2. The predicted octanol–water partition coefficient (Wildman–Crippen LogP) is 2.43. The van der Waals surface area contributed by atoms with E-state index in [4.69, 9.17) is 28.3 Å². The first kappa shape index (κ1) is 21.7. The van der Waals surface area contributed by atoms with Gasteiger partial charge in [-0.15, -0.1) is 0 Å². The lowest BCUT2D eigenvalue weighted by Crippen LogP contribution is -2.35. The summed E-state index contributed by atoms with van der Waals surface area (Å²) in [5.74, 6) is -0.0984. The van der Waals surface area contributed by atoms with Crippen molar-refractivity contribution in [2.75, 3.05) is 20.1 Å². The monoisotopic (exact) mass is 429 g/mol. The Labute approximate surface area is 169 Å². The number of nitrogens with two attached hydrogens (primary N) is 1. The minimum absolute atomic E-state index is 0.0687. The van der Waals surface area contributed by atoms with E-state index >= 15 is 0 Å². The van der Waals surface area contributed by atoms with Gasteiger partial charge in [0.15, 0.2) is 0 Å². The van der Waals surface area contributed by atoms with Crippen LogP contribution in [-0.4, -0.2) is 39.4 Å². The molecule has 0 atom stereocenters. The fourth-order valence-corrected chi connectivity index (χ4v) is 3.33. The smallest absolute Gasteiger partial charge is 0.238 e.